The maximum Gasteiger partial charge on any atom is 0.219 e. The monoisotopic (exact) mass is 397 g/mol. The van der Waals surface area contributed by atoms with Crippen LogP contribution in [0.3, 0.4) is 0 Å². The van der Waals surface area contributed by atoms with Crippen molar-refractivity contribution in [3.63, 3.8) is 0 Å². The summed E-state index contributed by atoms with van der Waals surface area (Å²) in [7, 11) is 8.02. The summed E-state index contributed by atoms with van der Waals surface area (Å²) >= 11 is 0. The van der Waals surface area contributed by atoms with Crippen molar-refractivity contribution in [2.45, 2.75) is 6.92 Å². The second-order valence-corrected chi connectivity index (χ2v) is 5.32. The van der Waals surface area contributed by atoms with E-state index in [1.807, 2.05) is 42.9 Å². The minimum Gasteiger partial charge on any atom is -0.349 e. The number of piperazine rings is 1. The fourth-order valence-electron chi connectivity index (χ4n) is 2.26. The summed E-state index contributed by atoms with van der Waals surface area (Å²) in [5.41, 5.74) is 0. The molecule has 0 aliphatic carbocycles. The fraction of sp³-hybridized carbons (Fsp3) is 0.846. The van der Waals surface area contributed by atoms with E-state index in [0.29, 0.717) is 0 Å². The summed E-state index contributed by atoms with van der Waals surface area (Å²) in [5, 5.41) is 0. The second-order valence-electron chi connectivity index (χ2n) is 5.32. The molecule has 1 fully saturated rings. The Balaban J connectivity index is 0.00000361. The molecule has 1 aliphatic rings. The maximum absolute atomic E-state index is 11.2. The summed E-state index contributed by atoms with van der Waals surface area (Å²) < 4.78 is 0. The third kappa shape index (κ3) is 6.25. The van der Waals surface area contributed by atoms with Gasteiger partial charge in [-0.2, -0.15) is 0 Å². The number of nitrogens with zero attached hydrogens (tertiary/aromatic N) is 5. The Bertz CT molecular complexity index is 315. The van der Waals surface area contributed by atoms with Crippen LogP contribution in [0.4, 0.5) is 0 Å². The average Bonchev–Trinajstić information content (AvgIpc) is 2.34. The standard InChI is InChI=1S/C13H27N5O.HI/c1-12(19)18-10-8-17(9-11-18)7-6-14-13(15(2)3)16(4)5;/h6-11H2,1-5H3;1H. The molecule has 0 aromatic rings. The first kappa shape index (κ1) is 19.4. The highest BCUT2D eigenvalue weighted by Gasteiger charge is 2.17. The Kier molecular flexibility index (Phi) is 9.11. The van der Waals surface area contributed by atoms with E-state index in [2.05, 4.69) is 9.89 Å². The van der Waals surface area contributed by atoms with Gasteiger partial charge < -0.3 is 14.7 Å². The number of aliphatic imine (C=N–C) groups is 1. The third-order valence-corrected chi connectivity index (χ3v) is 3.29. The average molecular weight is 397 g/mol. The highest BCUT2D eigenvalue weighted by molar-refractivity contribution is 14.0. The van der Waals surface area contributed by atoms with Crippen LogP contribution in [0.1, 0.15) is 6.92 Å². The lowest BCUT2D eigenvalue weighted by Gasteiger charge is -2.34. The summed E-state index contributed by atoms with van der Waals surface area (Å²) in [6.45, 7) is 6.98. The molecule has 0 bridgehead atoms. The van der Waals surface area contributed by atoms with Crippen molar-refractivity contribution >= 4 is 35.8 Å². The summed E-state index contributed by atoms with van der Waals surface area (Å²) in [6, 6.07) is 0. The van der Waals surface area contributed by atoms with Crippen molar-refractivity contribution in [2.75, 3.05) is 67.5 Å². The van der Waals surface area contributed by atoms with Crippen LogP contribution in [0.2, 0.25) is 0 Å². The Morgan fingerprint density at radius 1 is 1.05 bits per heavy atom. The molecule has 1 heterocycles. The molecule has 0 aromatic carbocycles. The molecule has 0 spiro atoms. The number of hydrogen-bond acceptors (Lipinski definition) is 3. The molecule has 0 atom stereocenters. The van der Waals surface area contributed by atoms with Crippen molar-refractivity contribution in [2.24, 2.45) is 4.99 Å². The number of guanidine groups is 1. The predicted molar refractivity (Wildman–Crippen MR) is 93.8 cm³/mol. The van der Waals surface area contributed by atoms with Gasteiger partial charge in [0.15, 0.2) is 5.96 Å². The second kappa shape index (κ2) is 9.38. The van der Waals surface area contributed by atoms with E-state index in [0.717, 1.165) is 45.2 Å². The predicted octanol–water partition coefficient (Wildman–Crippen LogP) is 0.248. The topological polar surface area (TPSA) is 42.4 Å². The van der Waals surface area contributed by atoms with Gasteiger partial charge in [0, 0.05) is 67.8 Å². The maximum atomic E-state index is 11.2. The number of carbonyl (C=O) groups excluding carboxylic acids is 1. The Morgan fingerprint density at radius 2 is 1.55 bits per heavy atom. The minimum atomic E-state index is 0. The summed E-state index contributed by atoms with van der Waals surface area (Å²) in [6.07, 6.45) is 0. The molecule has 1 saturated heterocycles. The molecule has 6 nitrogen and oxygen atoms in total. The fourth-order valence-corrected chi connectivity index (χ4v) is 2.26. The number of rotatable bonds is 3. The highest BCUT2D eigenvalue weighted by Crippen LogP contribution is 2.01. The number of halogens is 1. The van der Waals surface area contributed by atoms with Gasteiger partial charge in [0.05, 0.1) is 6.54 Å². The Morgan fingerprint density at radius 3 is 1.95 bits per heavy atom. The van der Waals surface area contributed by atoms with Gasteiger partial charge in [-0.1, -0.05) is 0 Å². The van der Waals surface area contributed by atoms with Crippen molar-refractivity contribution in [1.82, 2.24) is 19.6 Å². The number of hydrogen-bond donors (Lipinski definition) is 0. The molecule has 1 aliphatic heterocycles. The SMILES string of the molecule is CC(=O)N1CCN(CCN=C(N(C)C)N(C)C)CC1.I. The van der Waals surface area contributed by atoms with Crippen LogP contribution in [0.25, 0.3) is 0 Å². The van der Waals surface area contributed by atoms with E-state index in [-0.39, 0.29) is 29.9 Å². The Labute approximate surface area is 139 Å². The Hall–Kier alpha value is -0.570. The van der Waals surface area contributed by atoms with Crippen molar-refractivity contribution < 1.29 is 4.79 Å². The largest absolute Gasteiger partial charge is 0.349 e. The zero-order valence-electron chi connectivity index (χ0n) is 13.3. The van der Waals surface area contributed by atoms with Gasteiger partial charge in [-0.05, 0) is 0 Å². The minimum absolute atomic E-state index is 0. The lowest BCUT2D eigenvalue weighted by Crippen LogP contribution is -2.48. The molecule has 20 heavy (non-hydrogen) atoms. The molecule has 0 aromatic heterocycles. The molecule has 7 heteroatoms. The van der Waals surface area contributed by atoms with Gasteiger partial charge in [-0.25, -0.2) is 0 Å². The first-order chi connectivity index (χ1) is 8.91. The molecule has 0 unspecified atom stereocenters. The zero-order valence-corrected chi connectivity index (χ0v) is 15.6. The van der Waals surface area contributed by atoms with E-state index >= 15 is 0 Å². The van der Waals surface area contributed by atoms with Crippen molar-refractivity contribution in [3.05, 3.63) is 0 Å². The van der Waals surface area contributed by atoms with E-state index in [9.17, 15) is 4.79 Å². The molecular formula is C13H28IN5O. The van der Waals surface area contributed by atoms with Crippen LogP contribution in [0.15, 0.2) is 4.99 Å². The lowest BCUT2D eigenvalue weighted by atomic mass is 10.3. The summed E-state index contributed by atoms with van der Waals surface area (Å²) in [5.74, 6) is 1.17. The van der Waals surface area contributed by atoms with Gasteiger partial charge in [0.1, 0.15) is 0 Å². The van der Waals surface area contributed by atoms with Crippen LogP contribution < -0.4 is 0 Å². The van der Waals surface area contributed by atoms with Gasteiger partial charge in [-0.3, -0.25) is 14.7 Å². The number of amides is 1. The molecule has 1 amide bonds. The smallest absolute Gasteiger partial charge is 0.219 e. The van der Waals surface area contributed by atoms with E-state index in [1.54, 1.807) is 6.92 Å². The zero-order chi connectivity index (χ0) is 14.4. The molecule has 0 radical (unpaired) electrons. The normalized spacial score (nSPS) is 15.3. The van der Waals surface area contributed by atoms with Crippen LogP contribution in [0, 0.1) is 0 Å². The first-order valence-electron chi connectivity index (χ1n) is 6.78. The quantitative estimate of drug-likeness (QED) is 0.389. The van der Waals surface area contributed by atoms with Crippen LogP contribution >= 0.6 is 24.0 Å². The van der Waals surface area contributed by atoms with Crippen LogP contribution in [0.5, 0.6) is 0 Å². The van der Waals surface area contributed by atoms with Gasteiger partial charge in [0.25, 0.3) is 0 Å². The third-order valence-electron chi connectivity index (χ3n) is 3.29. The van der Waals surface area contributed by atoms with Crippen molar-refractivity contribution in [1.29, 1.82) is 0 Å². The van der Waals surface area contributed by atoms with E-state index < -0.39 is 0 Å². The van der Waals surface area contributed by atoms with Gasteiger partial charge in [-0.15, -0.1) is 24.0 Å². The molecule has 0 saturated carbocycles. The first-order valence-corrected chi connectivity index (χ1v) is 6.78. The molecule has 1 rings (SSSR count). The van der Waals surface area contributed by atoms with Gasteiger partial charge >= 0.3 is 0 Å². The van der Waals surface area contributed by atoms with Crippen molar-refractivity contribution in [3.8, 4) is 0 Å². The molecule has 0 N–H and O–H groups in total. The number of carbonyl (C=O) groups is 1. The van der Waals surface area contributed by atoms with Crippen LogP contribution in [-0.4, -0.2) is 98.9 Å². The summed E-state index contributed by atoms with van der Waals surface area (Å²) in [4.78, 5) is 24.2. The molecular weight excluding hydrogens is 369 g/mol. The lowest BCUT2D eigenvalue weighted by molar-refractivity contribution is -0.130. The molecule has 118 valence electrons. The van der Waals surface area contributed by atoms with Crippen LogP contribution in [-0.2, 0) is 4.79 Å². The van der Waals surface area contributed by atoms with E-state index in [4.69, 9.17) is 0 Å². The van der Waals surface area contributed by atoms with E-state index in [1.165, 1.54) is 0 Å². The van der Waals surface area contributed by atoms with Gasteiger partial charge in [0.2, 0.25) is 5.91 Å². The highest BCUT2D eigenvalue weighted by atomic mass is 127.